The second kappa shape index (κ2) is 8.39. The molecule has 4 nitrogen and oxygen atoms in total. The van der Waals surface area contributed by atoms with Crippen molar-refractivity contribution in [2.24, 2.45) is 5.92 Å². The minimum Gasteiger partial charge on any atom is -0.337 e. The summed E-state index contributed by atoms with van der Waals surface area (Å²) >= 11 is 18.7. The molecule has 0 bridgehead atoms. The summed E-state index contributed by atoms with van der Waals surface area (Å²) in [5.41, 5.74) is 2.56. The molecule has 0 saturated carbocycles. The zero-order chi connectivity index (χ0) is 20.5. The number of carbonyl (C=O) groups excluding carboxylic acids is 1. The Kier molecular flexibility index (Phi) is 5.86. The Bertz CT molecular complexity index is 1060. The van der Waals surface area contributed by atoms with Crippen molar-refractivity contribution in [2.75, 3.05) is 13.1 Å². The molecule has 4 rings (SSSR count). The van der Waals surface area contributed by atoms with E-state index in [0.717, 1.165) is 31.5 Å². The summed E-state index contributed by atoms with van der Waals surface area (Å²) in [6.45, 7) is 3.71. The topological polar surface area (TPSA) is 38.1 Å². The summed E-state index contributed by atoms with van der Waals surface area (Å²) in [6, 6.07) is 14.5. The maximum absolute atomic E-state index is 13.4. The summed E-state index contributed by atoms with van der Waals surface area (Å²) in [7, 11) is 0. The second-order valence-corrected chi connectivity index (χ2v) is 8.60. The highest BCUT2D eigenvalue weighted by atomic mass is 35.5. The quantitative estimate of drug-likeness (QED) is 0.467. The van der Waals surface area contributed by atoms with E-state index in [0.29, 0.717) is 38.1 Å². The fourth-order valence-electron chi connectivity index (χ4n) is 3.52. The first-order valence-electron chi connectivity index (χ1n) is 9.53. The lowest BCUT2D eigenvalue weighted by Crippen LogP contribution is -2.38. The van der Waals surface area contributed by atoms with Crippen molar-refractivity contribution in [1.29, 1.82) is 0 Å². The molecule has 1 aliphatic rings. The van der Waals surface area contributed by atoms with E-state index < -0.39 is 0 Å². The van der Waals surface area contributed by atoms with E-state index in [1.807, 2.05) is 29.2 Å². The molecule has 1 aliphatic heterocycles. The third-order valence-electron chi connectivity index (χ3n) is 5.30. The molecule has 1 aromatic heterocycles. The predicted octanol–water partition coefficient (Wildman–Crippen LogP) is 6.37. The molecule has 0 atom stereocenters. The Morgan fingerprint density at radius 1 is 0.966 bits per heavy atom. The molecule has 2 aromatic carbocycles. The first-order chi connectivity index (χ1) is 13.9. The van der Waals surface area contributed by atoms with Crippen LogP contribution in [0.5, 0.6) is 0 Å². The molecule has 1 amide bonds. The molecule has 0 N–H and O–H groups in total. The fraction of sp³-hybridized carbons (Fsp3) is 0.273. The molecule has 150 valence electrons. The number of nitrogens with zero attached hydrogens (tertiary/aromatic N) is 3. The van der Waals surface area contributed by atoms with Gasteiger partial charge in [0.15, 0.2) is 0 Å². The number of benzene rings is 2. The van der Waals surface area contributed by atoms with Gasteiger partial charge in [-0.05, 0) is 49.1 Å². The maximum atomic E-state index is 13.4. The number of hydrogen-bond donors (Lipinski definition) is 0. The number of likely N-dealkylation sites (tertiary alicyclic amines) is 1. The Labute approximate surface area is 185 Å². The molecule has 0 radical (unpaired) electrons. The van der Waals surface area contributed by atoms with Gasteiger partial charge < -0.3 is 4.90 Å². The number of aromatic nitrogens is 2. The number of amides is 1. The monoisotopic (exact) mass is 447 g/mol. The molecule has 0 unspecified atom stereocenters. The lowest BCUT2D eigenvalue weighted by atomic mass is 9.99. The van der Waals surface area contributed by atoms with Crippen molar-refractivity contribution in [3.63, 3.8) is 0 Å². The highest BCUT2D eigenvalue weighted by Gasteiger charge is 2.26. The highest BCUT2D eigenvalue weighted by Crippen LogP contribution is 2.31. The van der Waals surface area contributed by atoms with Crippen LogP contribution in [0.4, 0.5) is 0 Å². The van der Waals surface area contributed by atoms with Crippen LogP contribution in [0.15, 0.2) is 48.5 Å². The minimum atomic E-state index is -0.0474. The fourth-order valence-corrected chi connectivity index (χ4v) is 4.05. The van der Waals surface area contributed by atoms with Crippen molar-refractivity contribution >= 4 is 40.7 Å². The predicted molar refractivity (Wildman–Crippen MR) is 118 cm³/mol. The van der Waals surface area contributed by atoms with E-state index in [1.54, 1.807) is 28.9 Å². The van der Waals surface area contributed by atoms with Crippen molar-refractivity contribution < 1.29 is 4.79 Å². The van der Waals surface area contributed by atoms with Gasteiger partial charge in [-0.2, -0.15) is 5.10 Å². The molecular formula is C22H20Cl3N3O. The number of halogens is 3. The second-order valence-electron chi connectivity index (χ2n) is 7.38. The van der Waals surface area contributed by atoms with Crippen LogP contribution in [0.25, 0.3) is 16.9 Å². The minimum absolute atomic E-state index is 0.0474. The van der Waals surface area contributed by atoms with E-state index >= 15 is 0 Å². The third-order valence-corrected chi connectivity index (χ3v) is 6.37. The average molecular weight is 449 g/mol. The van der Waals surface area contributed by atoms with E-state index in [4.69, 9.17) is 39.9 Å². The van der Waals surface area contributed by atoms with Crippen molar-refractivity contribution in [1.82, 2.24) is 14.7 Å². The van der Waals surface area contributed by atoms with Crippen molar-refractivity contribution in [3.8, 4) is 16.9 Å². The lowest BCUT2D eigenvalue weighted by molar-refractivity contribution is 0.0688. The van der Waals surface area contributed by atoms with Gasteiger partial charge in [0.25, 0.3) is 5.91 Å². The Morgan fingerprint density at radius 2 is 1.69 bits per heavy atom. The Morgan fingerprint density at radius 3 is 2.38 bits per heavy atom. The molecule has 1 fully saturated rings. The molecule has 0 aliphatic carbocycles. The molecule has 2 heterocycles. The maximum Gasteiger partial charge on any atom is 0.272 e. The third kappa shape index (κ3) is 4.16. The van der Waals surface area contributed by atoms with Gasteiger partial charge in [0, 0.05) is 18.7 Å². The van der Waals surface area contributed by atoms with Gasteiger partial charge in [0.1, 0.15) is 5.69 Å². The van der Waals surface area contributed by atoms with E-state index in [1.165, 1.54) is 0 Å². The van der Waals surface area contributed by atoms with Gasteiger partial charge in [-0.15, -0.1) is 0 Å². The summed E-state index contributed by atoms with van der Waals surface area (Å²) in [6.07, 6.45) is 2.01. The van der Waals surface area contributed by atoms with Gasteiger partial charge in [-0.3, -0.25) is 4.79 Å². The van der Waals surface area contributed by atoms with Crippen molar-refractivity contribution in [2.45, 2.75) is 19.8 Å². The Balaban J connectivity index is 1.80. The standard InChI is InChI=1S/C22H20Cl3N3O/c1-14-8-10-27(11-9-14)22(29)21-13-20(16-4-2-3-5-17(16)23)26-28(21)15-6-7-18(24)19(25)12-15/h2-7,12-14H,8-11H2,1H3. The summed E-state index contributed by atoms with van der Waals surface area (Å²) in [5, 5.41) is 6.13. The van der Waals surface area contributed by atoms with Crippen molar-refractivity contribution in [3.05, 3.63) is 69.3 Å². The van der Waals surface area contributed by atoms with Gasteiger partial charge in [0.05, 0.1) is 26.4 Å². The molecule has 7 heteroatoms. The number of piperidine rings is 1. The SMILES string of the molecule is CC1CCN(C(=O)c2cc(-c3ccccc3Cl)nn2-c2ccc(Cl)c(Cl)c2)CC1. The summed E-state index contributed by atoms with van der Waals surface area (Å²) < 4.78 is 1.63. The van der Waals surface area contributed by atoms with Crippen LogP contribution >= 0.6 is 34.8 Å². The van der Waals surface area contributed by atoms with Crippen LogP contribution < -0.4 is 0 Å². The van der Waals surface area contributed by atoms with Crippen LogP contribution in [0.1, 0.15) is 30.3 Å². The first-order valence-corrected chi connectivity index (χ1v) is 10.7. The van der Waals surface area contributed by atoms with E-state index in [9.17, 15) is 4.79 Å². The van der Waals surface area contributed by atoms with E-state index in [2.05, 4.69) is 6.92 Å². The molecule has 3 aromatic rings. The van der Waals surface area contributed by atoms with Crippen LogP contribution in [0.3, 0.4) is 0 Å². The zero-order valence-corrected chi connectivity index (χ0v) is 18.2. The number of rotatable bonds is 3. The van der Waals surface area contributed by atoms with Crippen LogP contribution in [-0.2, 0) is 0 Å². The average Bonchev–Trinajstić information content (AvgIpc) is 3.15. The Hall–Kier alpha value is -2.01. The molecule has 29 heavy (non-hydrogen) atoms. The first kappa shape index (κ1) is 20.3. The van der Waals surface area contributed by atoms with Crippen LogP contribution in [0.2, 0.25) is 15.1 Å². The smallest absolute Gasteiger partial charge is 0.272 e. The summed E-state index contributed by atoms with van der Waals surface area (Å²) in [4.78, 5) is 15.2. The van der Waals surface area contributed by atoms with Gasteiger partial charge in [-0.1, -0.05) is 59.9 Å². The van der Waals surface area contributed by atoms with Crippen LogP contribution in [0, 0.1) is 5.92 Å². The number of hydrogen-bond acceptors (Lipinski definition) is 2. The van der Waals surface area contributed by atoms with E-state index in [-0.39, 0.29) is 5.91 Å². The molecular weight excluding hydrogens is 429 g/mol. The highest BCUT2D eigenvalue weighted by molar-refractivity contribution is 6.42. The summed E-state index contributed by atoms with van der Waals surface area (Å²) in [5.74, 6) is 0.589. The van der Waals surface area contributed by atoms with Gasteiger partial charge in [0.2, 0.25) is 0 Å². The van der Waals surface area contributed by atoms with Crippen LogP contribution in [-0.4, -0.2) is 33.7 Å². The van der Waals surface area contributed by atoms with Gasteiger partial charge >= 0.3 is 0 Å². The normalized spacial score (nSPS) is 15.0. The lowest BCUT2D eigenvalue weighted by Gasteiger charge is -2.30. The largest absolute Gasteiger partial charge is 0.337 e. The molecule has 1 saturated heterocycles. The zero-order valence-electron chi connectivity index (χ0n) is 15.9. The number of carbonyl (C=O) groups is 1. The molecule has 0 spiro atoms. The van der Waals surface area contributed by atoms with Gasteiger partial charge in [-0.25, -0.2) is 4.68 Å².